The molecule has 1 N–H and O–H groups in total. The molecular formula is C15H19N3O2. The molecule has 0 spiro atoms. The Kier molecular flexibility index (Phi) is 4.50. The third-order valence-electron chi connectivity index (χ3n) is 3.23. The predicted octanol–water partition coefficient (Wildman–Crippen LogP) is 2.68. The molecule has 2 aromatic rings. The lowest BCUT2D eigenvalue weighted by atomic mass is 10.1. The molecule has 1 aromatic heterocycles. The Morgan fingerprint density at radius 2 is 2.10 bits per heavy atom. The standard InChI is InChI=1S/C15H19N3O2/c1-11-7-8-12(2)14(9-11)18-10-13(16-17-18)5-3-4-6-15(19)20/h7-10H,3-6H2,1-2H3,(H,19,20). The molecule has 5 heteroatoms. The smallest absolute Gasteiger partial charge is 0.303 e. The van der Waals surface area contributed by atoms with Crippen LogP contribution in [0, 0.1) is 13.8 Å². The Morgan fingerprint density at radius 1 is 1.30 bits per heavy atom. The van der Waals surface area contributed by atoms with Gasteiger partial charge in [0.1, 0.15) is 0 Å². The van der Waals surface area contributed by atoms with Crippen molar-refractivity contribution in [3.05, 3.63) is 41.2 Å². The molecule has 0 aliphatic rings. The maximum atomic E-state index is 10.4. The minimum Gasteiger partial charge on any atom is -0.481 e. The summed E-state index contributed by atoms with van der Waals surface area (Å²) >= 11 is 0. The maximum Gasteiger partial charge on any atom is 0.303 e. The van der Waals surface area contributed by atoms with E-state index in [1.165, 1.54) is 5.56 Å². The number of unbranched alkanes of at least 4 members (excludes halogenated alkanes) is 1. The molecule has 106 valence electrons. The molecule has 2 rings (SSSR count). The molecule has 0 unspecified atom stereocenters. The lowest BCUT2D eigenvalue weighted by Gasteiger charge is -2.05. The molecule has 0 saturated carbocycles. The summed E-state index contributed by atoms with van der Waals surface area (Å²) < 4.78 is 1.79. The summed E-state index contributed by atoms with van der Waals surface area (Å²) in [6.07, 6.45) is 4.38. The molecule has 1 heterocycles. The molecule has 0 bridgehead atoms. The van der Waals surface area contributed by atoms with E-state index in [1.807, 2.05) is 20.0 Å². The lowest BCUT2D eigenvalue weighted by Crippen LogP contribution is -1.98. The van der Waals surface area contributed by atoms with Crippen molar-refractivity contribution in [2.75, 3.05) is 0 Å². The minimum atomic E-state index is -0.746. The number of rotatable bonds is 6. The zero-order chi connectivity index (χ0) is 14.5. The van der Waals surface area contributed by atoms with Gasteiger partial charge >= 0.3 is 5.97 Å². The van der Waals surface area contributed by atoms with Crippen LogP contribution in [0.25, 0.3) is 5.69 Å². The Morgan fingerprint density at radius 3 is 2.85 bits per heavy atom. The fraction of sp³-hybridized carbons (Fsp3) is 0.400. The lowest BCUT2D eigenvalue weighted by molar-refractivity contribution is -0.137. The summed E-state index contributed by atoms with van der Waals surface area (Å²) in [5, 5.41) is 16.9. The summed E-state index contributed by atoms with van der Waals surface area (Å²) in [6.45, 7) is 4.09. The number of carbonyl (C=O) groups is 1. The van der Waals surface area contributed by atoms with E-state index in [4.69, 9.17) is 5.11 Å². The van der Waals surface area contributed by atoms with Gasteiger partial charge in [0.05, 0.1) is 17.6 Å². The van der Waals surface area contributed by atoms with E-state index >= 15 is 0 Å². The number of carboxylic acids is 1. The van der Waals surface area contributed by atoms with Gasteiger partial charge in [-0.1, -0.05) is 17.3 Å². The first-order valence-corrected chi connectivity index (χ1v) is 6.77. The molecule has 0 aliphatic carbocycles. The monoisotopic (exact) mass is 273 g/mol. The third kappa shape index (κ3) is 3.66. The van der Waals surface area contributed by atoms with Crippen LogP contribution < -0.4 is 0 Å². The van der Waals surface area contributed by atoms with Crippen LogP contribution in [0.1, 0.15) is 36.1 Å². The largest absolute Gasteiger partial charge is 0.481 e. The number of aryl methyl sites for hydroxylation is 3. The molecule has 0 radical (unpaired) electrons. The van der Waals surface area contributed by atoms with E-state index in [0.717, 1.165) is 29.8 Å². The van der Waals surface area contributed by atoms with Crippen LogP contribution in [0.4, 0.5) is 0 Å². The van der Waals surface area contributed by atoms with E-state index in [0.29, 0.717) is 6.42 Å². The second kappa shape index (κ2) is 6.32. The van der Waals surface area contributed by atoms with Crippen molar-refractivity contribution in [1.29, 1.82) is 0 Å². The number of benzene rings is 1. The van der Waals surface area contributed by atoms with Crippen molar-refractivity contribution in [1.82, 2.24) is 15.0 Å². The molecule has 0 fully saturated rings. The zero-order valence-corrected chi connectivity index (χ0v) is 11.8. The van der Waals surface area contributed by atoms with Gasteiger partial charge in [-0.05, 0) is 50.3 Å². The molecule has 1 aromatic carbocycles. The van der Waals surface area contributed by atoms with Gasteiger partial charge in [-0.15, -0.1) is 5.10 Å². The number of hydrogen-bond donors (Lipinski definition) is 1. The number of aliphatic carboxylic acids is 1. The Hall–Kier alpha value is -2.17. The van der Waals surface area contributed by atoms with Crippen LogP contribution in [-0.2, 0) is 11.2 Å². The van der Waals surface area contributed by atoms with E-state index < -0.39 is 5.97 Å². The van der Waals surface area contributed by atoms with Gasteiger partial charge in [-0.25, -0.2) is 4.68 Å². The SMILES string of the molecule is Cc1ccc(C)c(-n2cc(CCCCC(=O)O)nn2)c1. The van der Waals surface area contributed by atoms with Gasteiger partial charge in [-0.2, -0.15) is 0 Å². The van der Waals surface area contributed by atoms with Crippen LogP contribution in [0.15, 0.2) is 24.4 Å². The number of carboxylic acid groups (broad SMARTS) is 1. The van der Waals surface area contributed by atoms with Gasteiger partial charge in [0.25, 0.3) is 0 Å². The van der Waals surface area contributed by atoms with Crippen molar-refractivity contribution in [2.45, 2.75) is 39.5 Å². The highest BCUT2D eigenvalue weighted by Gasteiger charge is 2.06. The first kappa shape index (κ1) is 14.2. The van der Waals surface area contributed by atoms with Gasteiger partial charge in [0.2, 0.25) is 0 Å². The molecule has 0 atom stereocenters. The number of nitrogens with zero attached hydrogens (tertiary/aromatic N) is 3. The highest BCUT2D eigenvalue weighted by Crippen LogP contribution is 2.15. The fourth-order valence-electron chi connectivity index (χ4n) is 2.08. The molecule has 5 nitrogen and oxygen atoms in total. The summed E-state index contributed by atoms with van der Waals surface area (Å²) in [7, 11) is 0. The Bertz CT molecular complexity index is 605. The van der Waals surface area contributed by atoms with Gasteiger partial charge in [0, 0.05) is 6.42 Å². The molecule has 0 amide bonds. The normalized spacial score (nSPS) is 10.7. The predicted molar refractivity (Wildman–Crippen MR) is 76.0 cm³/mol. The van der Waals surface area contributed by atoms with Crippen molar-refractivity contribution >= 4 is 5.97 Å². The maximum absolute atomic E-state index is 10.4. The fourth-order valence-corrected chi connectivity index (χ4v) is 2.08. The average molecular weight is 273 g/mol. The van der Waals surface area contributed by atoms with Gasteiger partial charge < -0.3 is 5.11 Å². The van der Waals surface area contributed by atoms with Crippen LogP contribution in [0.2, 0.25) is 0 Å². The Balaban J connectivity index is 2.01. The second-order valence-corrected chi connectivity index (χ2v) is 5.05. The summed E-state index contributed by atoms with van der Waals surface area (Å²) in [5.74, 6) is -0.746. The van der Waals surface area contributed by atoms with E-state index in [1.54, 1.807) is 4.68 Å². The second-order valence-electron chi connectivity index (χ2n) is 5.05. The Labute approximate surface area is 118 Å². The van der Waals surface area contributed by atoms with E-state index in [2.05, 4.69) is 28.5 Å². The highest BCUT2D eigenvalue weighted by molar-refractivity contribution is 5.66. The third-order valence-corrected chi connectivity index (χ3v) is 3.23. The van der Waals surface area contributed by atoms with Crippen LogP contribution in [-0.4, -0.2) is 26.1 Å². The first-order valence-electron chi connectivity index (χ1n) is 6.77. The zero-order valence-electron chi connectivity index (χ0n) is 11.8. The summed E-state index contributed by atoms with van der Waals surface area (Å²) in [5.41, 5.74) is 4.27. The summed E-state index contributed by atoms with van der Waals surface area (Å²) in [6, 6.07) is 6.22. The number of hydrogen-bond acceptors (Lipinski definition) is 3. The van der Waals surface area contributed by atoms with Crippen molar-refractivity contribution in [3.8, 4) is 5.69 Å². The molecular weight excluding hydrogens is 254 g/mol. The molecule has 20 heavy (non-hydrogen) atoms. The molecule has 0 aliphatic heterocycles. The van der Waals surface area contributed by atoms with Crippen LogP contribution in [0.3, 0.4) is 0 Å². The van der Waals surface area contributed by atoms with Crippen molar-refractivity contribution in [2.24, 2.45) is 0 Å². The van der Waals surface area contributed by atoms with Crippen LogP contribution >= 0.6 is 0 Å². The number of aromatic nitrogens is 3. The quantitative estimate of drug-likeness (QED) is 0.822. The minimum absolute atomic E-state index is 0.213. The average Bonchev–Trinajstić information content (AvgIpc) is 2.86. The van der Waals surface area contributed by atoms with Crippen LogP contribution in [0.5, 0.6) is 0 Å². The van der Waals surface area contributed by atoms with Gasteiger partial charge in [0.15, 0.2) is 0 Å². The van der Waals surface area contributed by atoms with Crippen molar-refractivity contribution in [3.63, 3.8) is 0 Å². The first-order chi connectivity index (χ1) is 9.56. The highest BCUT2D eigenvalue weighted by atomic mass is 16.4. The van der Waals surface area contributed by atoms with Crippen molar-refractivity contribution < 1.29 is 9.90 Å². The van der Waals surface area contributed by atoms with Gasteiger partial charge in [-0.3, -0.25) is 4.79 Å². The molecule has 0 saturated heterocycles. The van der Waals surface area contributed by atoms with E-state index in [-0.39, 0.29) is 6.42 Å². The topological polar surface area (TPSA) is 68.0 Å². The van der Waals surface area contributed by atoms with E-state index in [9.17, 15) is 4.79 Å². The summed E-state index contributed by atoms with van der Waals surface area (Å²) in [4.78, 5) is 10.4.